The highest BCUT2D eigenvalue weighted by atomic mass is 16.2. The van der Waals surface area contributed by atoms with Crippen LogP contribution in [0, 0.1) is 5.92 Å². The van der Waals surface area contributed by atoms with E-state index >= 15 is 0 Å². The molecule has 1 atom stereocenters. The number of aromatic nitrogens is 1. The molecule has 1 N–H and O–H groups in total. The number of hydrogen-bond donors (Lipinski definition) is 1. The summed E-state index contributed by atoms with van der Waals surface area (Å²) < 4.78 is 0. The third-order valence-corrected chi connectivity index (χ3v) is 4.84. The molecule has 6 nitrogen and oxygen atoms in total. The molecule has 6 heteroatoms. The fourth-order valence-corrected chi connectivity index (χ4v) is 3.19. The first kappa shape index (κ1) is 16.7. The lowest BCUT2D eigenvalue weighted by atomic mass is 10.1. The molecule has 0 spiro atoms. The van der Waals surface area contributed by atoms with Gasteiger partial charge in [0.15, 0.2) is 0 Å². The first-order valence-electron chi connectivity index (χ1n) is 8.93. The lowest BCUT2D eigenvalue weighted by Crippen LogP contribution is -2.44. The third-order valence-electron chi connectivity index (χ3n) is 4.84. The van der Waals surface area contributed by atoms with Crippen LogP contribution in [0.2, 0.25) is 0 Å². The largest absolute Gasteiger partial charge is 0.341 e. The topological polar surface area (TPSA) is 65.5 Å². The van der Waals surface area contributed by atoms with Gasteiger partial charge in [-0.3, -0.25) is 9.78 Å². The average molecular weight is 330 g/mol. The number of rotatable bonds is 4. The number of hydrogen-bond acceptors (Lipinski definition) is 3. The van der Waals surface area contributed by atoms with E-state index in [9.17, 15) is 9.59 Å². The monoisotopic (exact) mass is 330 g/mol. The Morgan fingerprint density at radius 1 is 1.17 bits per heavy atom. The van der Waals surface area contributed by atoms with Crippen LogP contribution in [0.1, 0.15) is 44.2 Å². The van der Waals surface area contributed by atoms with E-state index in [1.165, 1.54) is 0 Å². The van der Waals surface area contributed by atoms with Crippen molar-refractivity contribution in [1.29, 1.82) is 0 Å². The number of pyridine rings is 1. The lowest BCUT2D eigenvalue weighted by molar-refractivity contribution is -0.132. The van der Waals surface area contributed by atoms with Crippen molar-refractivity contribution in [2.24, 2.45) is 5.92 Å². The van der Waals surface area contributed by atoms with Gasteiger partial charge in [0.1, 0.15) is 0 Å². The Morgan fingerprint density at radius 2 is 1.83 bits per heavy atom. The predicted molar refractivity (Wildman–Crippen MR) is 91.3 cm³/mol. The van der Waals surface area contributed by atoms with E-state index in [4.69, 9.17) is 0 Å². The first-order chi connectivity index (χ1) is 11.7. The minimum absolute atomic E-state index is 0.00653. The van der Waals surface area contributed by atoms with Crippen molar-refractivity contribution in [3.8, 4) is 0 Å². The minimum atomic E-state index is -0.0422. The van der Waals surface area contributed by atoms with E-state index in [1.54, 1.807) is 12.4 Å². The van der Waals surface area contributed by atoms with Gasteiger partial charge in [-0.05, 0) is 43.4 Å². The van der Waals surface area contributed by atoms with E-state index < -0.39 is 0 Å². The number of urea groups is 1. The Bertz CT molecular complexity index is 574. The van der Waals surface area contributed by atoms with Gasteiger partial charge in [-0.2, -0.15) is 0 Å². The highest BCUT2D eigenvalue weighted by Gasteiger charge is 2.34. The number of nitrogens with one attached hydrogen (secondary N) is 1. The van der Waals surface area contributed by atoms with Crippen LogP contribution in [-0.2, 0) is 4.79 Å². The van der Waals surface area contributed by atoms with Gasteiger partial charge in [0, 0.05) is 44.5 Å². The van der Waals surface area contributed by atoms with E-state index in [-0.39, 0.29) is 23.9 Å². The second-order valence-corrected chi connectivity index (χ2v) is 6.63. The molecule has 130 valence electrons. The lowest BCUT2D eigenvalue weighted by Gasteiger charge is -2.25. The molecule has 2 aliphatic rings. The zero-order chi connectivity index (χ0) is 16.9. The van der Waals surface area contributed by atoms with Gasteiger partial charge in [-0.25, -0.2) is 4.79 Å². The van der Waals surface area contributed by atoms with Crippen LogP contribution in [-0.4, -0.2) is 52.9 Å². The molecule has 24 heavy (non-hydrogen) atoms. The molecular formula is C18H26N4O2. The standard InChI is InChI=1S/C18H26N4O2/c1-2-16(14-6-8-19-9-7-14)20-18(24)22-11-3-10-21(12-13-22)17(23)15-4-5-15/h6-9,15-16H,2-5,10-13H2,1H3,(H,20,24)/t16-/m0/s1. The molecule has 0 aromatic carbocycles. The Hall–Kier alpha value is -2.11. The SMILES string of the molecule is CC[C@H](NC(=O)N1CCCN(C(=O)C2CC2)CC1)c1ccncc1. The number of amides is 3. The van der Waals surface area contributed by atoms with E-state index in [0.29, 0.717) is 19.6 Å². The Labute approximate surface area is 143 Å². The van der Waals surface area contributed by atoms with Gasteiger partial charge >= 0.3 is 6.03 Å². The molecule has 0 radical (unpaired) electrons. The van der Waals surface area contributed by atoms with Crippen LogP contribution in [0.4, 0.5) is 4.79 Å². The Kier molecular flexibility index (Phi) is 5.33. The van der Waals surface area contributed by atoms with E-state index in [0.717, 1.165) is 37.8 Å². The molecule has 1 aromatic heterocycles. The summed E-state index contributed by atoms with van der Waals surface area (Å²) in [6.45, 7) is 4.78. The minimum Gasteiger partial charge on any atom is -0.341 e. The fourth-order valence-electron chi connectivity index (χ4n) is 3.19. The van der Waals surface area contributed by atoms with Gasteiger partial charge < -0.3 is 15.1 Å². The van der Waals surface area contributed by atoms with Gasteiger partial charge in [-0.15, -0.1) is 0 Å². The van der Waals surface area contributed by atoms with Crippen LogP contribution in [0.25, 0.3) is 0 Å². The maximum absolute atomic E-state index is 12.6. The average Bonchev–Trinajstić information content (AvgIpc) is 3.46. The molecule has 3 amide bonds. The van der Waals surface area contributed by atoms with Gasteiger partial charge in [0.2, 0.25) is 5.91 Å². The number of carbonyl (C=O) groups is 2. The molecule has 2 heterocycles. The van der Waals surface area contributed by atoms with Gasteiger partial charge in [-0.1, -0.05) is 6.92 Å². The maximum Gasteiger partial charge on any atom is 0.317 e. The van der Waals surface area contributed by atoms with Crippen LogP contribution in [0.5, 0.6) is 0 Å². The Balaban J connectivity index is 1.55. The molecular weight excluding hydrogens is 304 g/mol. The van der Waals surface area contributed by atoms with Crippen LogP contribution >= 0.6 is 0 Å². The first-order valence-corrected chi connectivity index (χ1v) is 8.93. The van der Waals surface area contributed by atoms with Crippen molar-refractivity contribution in [2.45, 2.75) is 38.6 Å². The summed E-state index contributed by atoms with van der Waals surface area (Å²) in [5.74, 6) is 0.530. The number of carbonyl (C=O) groups excluding carboxylic acids is 2. The van der Waals surface area contributed by atoms with E-state index in [2.05, 4.69) is 17.2 Å². The molecule has 1 aliphatic carbocycles. The third kappa shape index (κ3) is 4.04. The second kappa shape index (κ2) is 7.64. The molecule has 1 aromatic rings. The molecule has 1 aliphatic heterocycles. The fraction of sp³-hybridized carbons (Fsp3) is 0.611. The molecule has 1 saturated heterocycles. The van der Waals surface area contributed by atoms with Crippen molar-refractivity contribution >= 4 is 11.9 Å². The summed E-state index contributed by atoms with van der Waals surface area (Å²) in [6, 6.07) is 3.83. The normalized spacial score (nSPS) is 19.5. The zero-order valence-corrected chi connectivity index (χ0v) is 14.3. The Morgan fingerprint density at radius 3 is 2.50 bits per heavy atom. The van der Waals surface area contributed by atoms with Crippen LogP contribution in [0.3, 0.4) is 0 Å². The quantitative estimate of drug-likeness (QED) is 0.920. The summed E-state index contributed by atoms with van der Waals surface area (Å²) in [5.41, 5.74) is 1.07. The van der Waals surface area contributed by atoms with Crippen LogP contribution < -0.4 is 5.32 Å². The smallest absolute Gasteiger partial charge is 0.317 e. The number of nitrogens with zero attached hydrogens (tertiary/aromatic N) is 3. The maximum atomic E-state index is 12.6. The summed E-state index contributed by atoms with van der Waals surface area (Å²) in [5, 5.41) is 3.12. The van der Waals surface area contributed by atoms with Gasteiger partial charge in [0.05, 0.1) is 6.04 Å². The van der Waals surface area contributed by atoms with Crippen molar-refractivity contribution < 1.29 is 9.59 Å². The van der Waals surface area contributed by atoms with Crippen molar-refractivity contribution in [1.82, 2.24) is 20.1 Å². The zero-order valence-electron chi connectivity index (χ0n) is 14.3. The summed E-state index contributed by atoms with van der Waals surface area (Å²) in [7, 11) is 0. The summed E-state index contributed by atoms with van der Waals surface area (Å²) in [4.78, 5) is 32.6. The molecule has 0 bridgehead atoms. The summed E-state index contributed by atoms with van der Waals surface area (Å²) in [6.07, 6.45) is 7.23. The molecule has 0 unspecified atom stereocenters. The van der Waals surface area contributed by atoms with Crippen LogP contribution in [0.15, 0.2) is 24.5 Å². The summed E-state index contributed by atoms with van der Waals surface area (Å²) >= 11 is 0. The highest BCUT2D eigenvalue weighted by molar-refractivity contribution is 5.81. The van der Waals surface area contributed by atoms with Crippen molar-refractivity contribution in [2.75, 3.05) is 26.2 Å². The van der Waals surface area contributed by atoms with E-state index in [1.807, 2.05) is 21.9 Å². The van der Waals surface area contributed by atoms with Gasteiger partial charge in [0.25, 0.3) is 0 Å². The molecule has 1 saturated carbocycles. The molecule has 2 fully saturated rings. The highest BCUT2D eigenvalue weighted by Crippen LogP contribution is 2.31. The predicted octanol–water partition coefficient (Wildman–Crippen LogP) is 2.19. The van der Waals surface area contributed by atoms with Crippen molar-refractivity contribution in [3.05, 3.63) is 30.1 Å². The molecule has 3 rings (SSSR count). The second-order valence-electron chi connectivity index (χ2n) is 6.63. The van der Waals surface area contributed by atoms with Crippen molar-refractivity contribution in [3.63, 3.8) is 0 Å².